The maximum absolute atomic E-state index is 14.4. The molecule has 7 N–H and O–H groups in total. The second-order valence-electron chi connectivity index (χ2n) is 14.6. The van der Waals surface area contributed by atoms with Crippen LogP contribution in [0.15, 0.2) is 17.1 Å². The molecule has 0 aliphatic carbocycles. The molecule has 46 heavy (non-hydrogen) atoms. The number of aliphatic hydroxyl groups is 1. The molecule has 0 aromatic rings. The molecule has 268 valence electrons. The first-order valence-corrected chi connectivity index (χ1v) is 18.2. The standard InChI is InChI=1S/C35H66F3N7O/c1-5-7-12-27-20-41-22-30(32(27)45-17-14-26(15-18-45)23-44-19-16-35(37,38)24-44)43-34(46)31(33(39)40)29(42-21-28(36)6-2)13-10-8-9-11-25(3)4/h20,26-34,42-43,46H,3,5-19,21-24,39-40H2,1-2,4H3. The van der Waals surface area contributed by atoms with Crippen molar-refractivity contribution in [1.82, 2.24) is 20.4 Å². The average Bonchev–Trinajstić information content (AvgIpc) is 3.35. The van der Waals surface area contributed by atoms with Gasteiger partial charge in [-0.2, -0.15) is 0 Å². The molecule has 0 aromatic heterocycles. The molecule has 8 nitrogen and oxygen atoms in total. The minimum absolute atomic E-state index is 0.0339. The van der Waals surface area contributed by atoms with Gasteiger partial charge in [0, 0.05) is 62.2 Å². The Hall–Kier alpha value is -1.08. The maximum Gasteiger partial charge on any atom is 0.261 e. The third-order valence-corrected chi connectivity index (χ3v) is 10.5. The molecule has 0 amide bonds. The molecule has 0 spiro atoms. The Morgan fingerprint density at radius 1 is 1.13 bits per heavy atom. The van der Waals surface area contributed by atoms with E-state index in [4.69, 9.17) is 16.5 Å². The zero-order chi connectivity index (χ0) is 33.7. The minimum Gasteiger partial charge on any atom is -0.378 e. The van der Waals surface area contributed by atoms with Crippen LogP contribution in [0.25, 0.3) is 0 Å². The smallest absolute Gasteiger partial charge is 0.261 e. The lowest BCUT2D eigenvalue weighted by molar-refractivity contribution is -0.000118. The molecule has 7 atom stereocenters. The van der Waals surface area contributed by atoms with Gasteiger partial charge in [0.05, 0.1) is 19.3 Å². The van der Waals surface area contributed by atoms with Crippen LogP contribution >= 0.6 is 0 Å². The van der Waals surface area contributed by atoms with E-state index in [1.165, 1.54) is 5.57 Å². The van der Waals surface area contributed by atoms with E-state index in [1.54, 1.807) is 0 Å². The summed E-state index contributed by atoms with van der Waals surface area (Å²) in [6.45, 7) is 13.7. The minimum atomic E-state index is -2.55. The number of nitrogens with one attached hydrogen (secondary N) is 2. The molecule has 11 heteroatoms. The number of likely N-dealkylation sites (tertiary alicyclic amines) is 2. The summed E-state index contributed by atoms with van der Waals surface area (Å²) in [5.41, 5.74) is 13.9. The fourth-order valence-corrected chi connectivity index (χ4v) is 7.78. The predicted octanol–water partition coefficient (Wildman–Crippen LogP) is 4.67. The highest BCUT2D eigenvalue weighted by atomic mass is 19.3. The van der Waals surface area contributed by atoms with Crippen molar-refractivity contribution in [2.45, 2.75) is 140 Å². The number of aliphatic hydroxyl groups excluding tert-OH is 1. The first kappa shape index (κ1) is 39.4. The van der Waals surface area contributed by atoms with Crippen molar-refractivity contribution in [3.63, 3.8) is 0 Å². The van der Waals surface area contributed by atoms with E-state index in [0.717, 1.165) is 83.8 Å². The third kappa shape index (κ3) is 12.7. The van der Waals surface area contributed by atoms with Crippen LogP contribution in [0.1, 0.15) is 97.8 Å². The number of nitrogens with two attached hydrogens (primary N) is 2. The molecule has 3 heterocycles. The third-order valence-electron chi connectivity index (χ3n) is 10.5. The number of aliphatic imine (C=N–C) groups is 1. The molecular weight excluding hydrogens is 591 g/mol. The second kappa shape index (κ2) is 19.8. The van der Waals surface area contributed by atoms with Crippen LogP contribution in [0.2, 0.25) is 0 Å². The van der Waals surface area contributed by atoms with E-state index < -0.39 is 30.4 Å². The van der Waals surface area contributed by atoms with E-state index in [9.17, 15) is 18.3 Å². The summed E-state index contributed by atoms with van der Waals surface area (Å²) in [6.07, 6.45) is 9.58. The maximum atomic E-state index is 14.4. The van der Waals surface area contributed by atoms with Crippen molar-refractivity contribution in [1.29, 1.82) is 0 Å². The van der Waals surface area contributed by atoms with E-state index in [2.05, 4.69) is 35.3 Å². The predicted molar refractivity (Wildman–Crippen MR) is 184 cm³/mol. The van der Waals surface area contributed by atoms with Crippen LogP contribution in [-0.2, 0) is 0 Å². The lowest BCUT2D eigenvalue weighted by atomic mass is 9.83. The molecule has 0 bridgehead atoms. The highest BCUT2D eigenvalue weighted by molar-refractivity contribution is 5.63. The first-order chi connectivity index (χ1) is 21.9. The van der Waals surface area contributed by atoms with E-state index >= 15 is 0 Å². The molecule has 0 aromatic carbocycles. The molecule has 2 saturated heterocycles. The fraction of sp³-hybridized carbons (Fsp3) is 0.914. The van der Waals surface area contributed by atoms with Gasteiger partial charge in [0.1, 0.15) is 12.4 Å². The lowest BCUT2D eigenvalue weighted by Gasteiger charge is -2.47. The van der Waals surface area contributed by atoms with Crippen LogP contribution in [0.4, 0.5) is 13.2 Å². The van der Waals surface area contributed by atoms with Crippen LogP contribution in [0, 0.1) is 17.8 Å². The highest BCUT2D eigenvalue weighted by Gasteiger charge is 2.42. The van der Waals surface area contributed by atoms with Crippen molar-refractivity contribution < 1.29 is 18.3 Å². The van der Waals surface area contributed by atoms with Crippen LogP contribution < -0.4 is 22.1 Å². The molecule has 3 aliphatic rings. The Bertz CT molecular complexity index is 901. The number of piperidine rings is 1. The zero-order valence-electron chi connectivity index (χ0n) is 29.0. The number of hydrogen-bond acceptors (Lipinski definition) is 8. The summed E-state index contributed by atoms with van der Waals surface area (Å²) in [7, 11) is 0. The summed E-state index contributed by atoms with van der Waals surface area (Å²) in [5.74, 6) is -2.41. The van der Waals surface area contributed by atoms with Gasteiger partial charge in [-0.25, -0.2) is 13.2 Å². The zero-order valence-corrected chi connectivity index (χ0v) is 29.0. The summed E-state index contributed by atoms with van der Waals surface area (Å²) in [5, 5.41) is 18.7. The van der Waals surface area contributed by atoms with E-state index in [1.807, 2.05) is 18.7 Å². The highest BCUT2D eigenvalue weighted by Crippen LogP contribution is 2.32. The van der Waals surface area contributed by atoms with E-state index in [-0.39, 0.29) is 43.6 Å². The van der Waals surface area contributed by atoms with Crippen molar-refractivity contribution in [3.05, 3.63) is 12.2 Å². The normalized spacial score (nSPS) is 27.2. The van der Waals surface area contributed by atoms with Crippen molar-refractivity contribution >= 4 is 6.21 Å². The monoisotopic (exact) mass is 658 g/mol. The Balaban J connectivity index is 1.69. The van der Waals surface area contributed by atoms with Gasteiger partial charge < -0.3 is 21.9 Å². The van der Waals surface area contributed by atoms with Gasteiger partial charge in [0.25, 0.3) is 5.92 Å². The van der Waals surface area contributed by atoms with Gasteiger partial charge in [-0.15, -0.1) is 6.58 Å². The molecule has 0 saturated carbocycles. The molecule has 3 rings (SSSR count). The number of allylic oxidation sites excluding steroid dienone is 1. The number of halogens is 3. The summed E-state index contributed by atoms with van der Waals surface area (Å²) >= 11 is 0. The summed E-state index contributed by atoms with van der Waals surface area (Å²) in [6, 6.07) is -0.195. The Kier molecular flexibility index (Phi) is 16.9. The molecular formula is C35H66F3N7O. The number of nitrogens with zero attached hydrogens (tertiary/aromatic N) is 3. The van der Waals surface area contributed by atoms with Gasteiger partial charge in [0.2, 0.25) is 0 Å². The number of unbranched alkanes of at least 4 members (excludes halogenated alkanes) is 3. The van der Waals surface area contributed by atoms with Crippen LogP contribution in [0.3, 0.4) is 0 Å². The molecule has 2 fully saturated rings. The van der Waals surface area contributed by atoms with Crippen molar-refractivity contribution in [2.75, 3.05) is 45.8 Å². The van der Waals surface area contributed by atoms with Crippen molar-refractivity contribution in [3.8, 4) is 0 Å². The molecule has 0 radical (unpaired) electrons. The van der Waals surface area contributed by atoms with Gasteiger partial charge in [-0.1, -0.05) is 45.1 Å². The number of hydrogen-bond donors (Lipinski definition) is 5. The van der Waals surface area contributed by atoms with Crippen molar-refractivity contribution in [2.24, 2.45) is 34.2 Å². The SMILES string of the molecule is C=C(C)CCCCCC(NCC(F)CC)C(C(N)N)C(O)NC1CN=CC(CCCC)C1N1CCC(CN2CCC(F)(F)C2)CC1. The lowest BCUT2D eigenvalue weighted by Crippen LogP contribution is -2.65. The molecule has 3 aliphatic heterocycles. The van der Waals surface area contributed by atoms with Gasteiger partial charge in [0.15, 0.2) is 0 Å². The van der Waals surface area contributed by atoms with Gasteiger partial charge in [-0.3, -0.25) is 20.1 Å². The topological polar surface area (TPSA) is 115 Å². The quantitative estimate of drug-likeness (QED) is 0.0693. The summed E-state index contributed by atoms with van der Waals surface area (Å²) in [4.78, 5) is 9.23. The fourth-order valence-electron chi connectivity index (χ4n) is 7.78. The number of rotatable bonds is 21. The Morgan fingerprint density at radius 3 is 2.48 bits per heavy atom. The van der Waals surface area contributed by atoms with Gasteiger partial charge in [-0.05, 0) is 70.9 Å². The van der Waals surface area contributed by atoms with Crippen LogP contribution in [0.5, 0.6) is 0 Å². The summed E-state index contributed by atoms with van der Waals surface area (Å²) < 4.78 is 41.9. The first-order valence-electron chi connectivity index (χ1n) is 18.2. The average molecular weight is 658 g/mol. The Labute approximate surface area is 277 Å². The number of alkyl halides is 3. The van der Waals surface area contributed by atoms with Crippen LogP contribution in [-0.4, -0.2) is 110 Å². The molecule has 7 unspecified atom stereocenters. The second-order valence-corrected chi connectivity index (χ2v) is 14.6. The largest absolute Gasteiger partial charge is 0.378 e. The van der Waals surface area contributed by atoms with E-state index in [0.29, 0.717) is 25.4 Å². The Morgan fingerprint density at radius 2 is 1.87 bits per heavy atom. The van der Waals surface area contributed by atoms with Gasteiger partial charge >= 0.3 is 0 Å².